The summed E-state index contributed by atoms with van der Waals surface area (Å²) < 4.78 is 36.7. The minimum atomic E-state index is -0.268. The zero-order valence-corrected chi connectivity index (χ0v) is 14.7. The monoisotopic (exact) mass is 359 g/mol. The molecule has 0 radical (unpaired) electrons. The Labute approximate surface area is 152 Å². The Kier molecular flexibility index (Phi) is 4.95. The van der Waals surface area contributed by atoms with E-state index in [0.29, 0.717) is 26.3 Å². The van der Waals surface area contributed by atoms with Crippen LogP contribution in [0.25, 0.3) is 0 Å². The molecule has 26 heavy (non-hydrogen) atoms. The van der Waals surface area contributed by atoms with Crippen molar-refractivity contribution < 1.29 is 23.3 Å². The van der Waals surface area contributed by atoms with Crippen LogP contribution in [0.2, 0.25) is 0 Å². The highest BCUT2D eigenvalue weighted by atomic mass is 19.1. The molecule has 2 aromatic rings. The van der Waals surface area contributed by atoms with Crippen molar-refractivity contribution in [3.8, 4) is 17.2 Å². The summed E-state index contributed by atoms with van der Waals surface area (Å²) in [6, 6.07) is 10.7. The predicted octanol–water partition coefficient (Wildman–Crippen LogP) is 3.35. The number of fused-ring (bicyclic) bond motifs is 2. The first-order valence-electron chi connectivity index (χ1n) is 8.85. The second-order valence-electron chi connectivity index (χ2n) is 6.49. The van der Waals surface area contributed by atoms with Gasteiger partial charge in [0.1, 0.15) is 24.3 Å². The number of para-hydroxylation sites is 2. The number of rotatable bonds is 5. The number of nitrogens with zero attached hydrogens (tertiary/aromatic N) is 1. The molecule has 4 rings (SSSR count). The Bertz CT molecular complexity index is 782. The summed E-state index contributed by atoms with van der Waals surface area (Å²) in [4.78, 5) is 2.20. The third-order valence-electron chi connectivity index (χ3n) is 4.62. The van der Waals surface area contributed by atoms with Crippen LogP contribution >= 0.6 is 0 Å². The van der Waals surface area contributed by atoms with E-state index in [0.717, 1.165) is 34.9 Å². The van der Waals surface area contributed by atoms with Gasteiger partial charge in [0.15, 0.2) is 18.3 Å². The molecule has 0 aliphatic carbocycles. The summed E-state index contributed by atoms with van der Waals surface area (Å²) in [6.07, 6.45) is -0.0708. The summed E-state index contributed by atoms with van der Waals surface area (Å²) in [6.45, 7) is 5.23. The van der Waals surface area contributed by atoms with Gasteiger partial charge in [0.05, 0.1) is 6.61 Å². The highest BCUT2D eigenvalue weighted by Gasteiger charge is 2.24. The highest BCUT2D eigenvalue weighted by Crippen LogP contribution is 2.32. The first-order valence-corrected chi connectivity index (χ1v) is 8.85. The minimum absolute atomic E-state index is 0.0708. The molecular weight excluding hydrogens is 337 g/mol. The van der Waals surface area contributed by atoms with Gasteiger partial charge in [-0.05, 0) is 30.8 Å². The molecule has 0 saturated carbocycles. The number of ether oxygens (including phenoxy) is 4. The second-order valence-corrected chi connectivity index (χ2v) is 6.49. The van der Waals surface area contributed by atoms with Crippen LogP contribution in [0.1, 0.15) is 18.1 Å². The van der Waals surface area contributed by atoms with Gasteiger partial charge in [-0.3, -0.25) is 4.90 Å². The van der Waals surface area contributed by atoms with Crippen molar-refractivity contribution in [2.45, 2.75) is 26.2 Å². The van der Waals surface area contributed by atoms with Gasteiger partial charge in [-0.1, -0.05) is 19.1 Å². The van der Waals surface area contributed by atoms with Crippen molar-refractivity contribution >= 4 is 0 Å². The number of halogens is 1. The molecule has 0 aromatic heterocycles. The molecule has 2 heterocycles. The van der Waals surface area contributed by atoms with Gasteiger partial charge in [0.25, 0.3) is 0 Å². The Balaban J connectivity index is 1.47. The van der Waals surface area contributed by atoms with Gasteiger partial charge in [-0.25, -0.2) is 4.39 Å². The zero-order chi connectivity index (χ0) is 17.9. The standard InChI is InChI=1S/C20H22FNO4/c1-2-22(10-17-12-24-18-5-3-4-6-19(18)26-17)9-14-7-16(21)8-15-11-23-13-25-20(14)15/h3-8,17H,2,9-13H2,1H3. The van der Waals surface area contributed by atoms with Crippen molar-refractivity contribution in [3.63, 3.8) is 0 Å². The summed E-state index contributed by atoms with van der Waals surface area (Å²) >= 11 is 0. The van der Waals surface area contributed by atoms with E-state index in [9.17, 15) is 4.39 Å². The van der Waals surface area contributed by atoms with Crippen LogP contribution in [0.5, 0.6) is 17.2 Å². The van der Waals surface area contributed by atoms with Gasteiger partial charge in [-0.2, -0.15) is 0 Å². The van der Waals surface area contributed by atoms with E-state index in [-0.39, 0.29) is 18.7 Å². The van der Waals surface area contributed by atoms with Crippen molar-refractivity contribution in [2.75, 3.05) is 26.5 Å². The Morgan fingerprint density at radius 1 is 1.15 bits per heavy atom. The van der Waals surface area contributed by atoms with Crippen LogP contribution in [-0.2, 0) is 17.9 Å². The molecule has 0 spiro atoms. The van der Waals surface area contributed by atoms with E-state index in [1.165, 1.54) is 6.07 Å². The van der Waals surface area contributed by atoms with Crippen LogP contribution in [0.15, 0.2) is 36.4 Å². The molecule has 0 amide bonds. The van der Waals surface area contributed by atoms with Gasteiger partial charge in [0, 0.05) is 24.2 Å². The summed E-state index contributed by atoms with van der Waals surface area (Å²) in [5, 5.41) is 0. The van der Waals surface area contributed by atoms with Gasteiger partial charge >= 0.3 is 0 Å². The van der Waals surface area contributed by atoms with E-state index in [1.54, 1.807) is 6.07 Å². The third-order valence-corrected chi connectivity index (χ3v) is 4.62. The van der Waals surface area contributed by atoms with Crippen LogP contribution in [-0.4, -0.2) is 37.5 Å². The SMILES string of the molecule is CCN(Cc1cc(F)cc2c1OCOC2)CC1COc2ccccc2O1. The van der Waals surface area contributed by atoms with E-state index < -0.39 is 0 Å². The zero-order valence-electron chi connectivity index (χ0n) is 14.7. The number of hydrogen-bond donors (Lipinski definition) is 0. The highest BCUT2D eigenvalue weighted by molar-refractivity contribution is 5.43. The van der Waals surface area contributed by atoms with Crippen LogP contribution < -0.4 is 14.2 Å². The van der Waals surface area contributed by atoms with E-state index in [4.69, 9.17) is 18.9 Å². The van der Waals surface area contributed by atoms with Crippen molar-refractivity contribution in [3.05, 3.63) is 53.3 Å². The van der Waals surface area contributed by atoms with E-state index in [1.807, 2.05) is 24.3 Å². The van der Waals surface area contributed by atoms with Crippen molar-refractivity contribution in [1.82, 2.24) is 4.90 Å². The van der Waals surface area contributed by atoms with Gasteiger partial charge in [0.2, 0.25) is 0 Å². The summed E-state index contributed by atoms with van der Waals surface area (Å²) in [5.41, 5.74) is 1.59. The summed E-state index contributed by atoms with van der Waals surface area (Å²) in [5.74, 6) is 2.01. The Hall–Kier alpha value is -2.31. The summed E-state index contributed by atoms with van der Waals surface area (Å²) in [7, 11) is 0. The molecule has 1 atom stereocenters. The molecule has 0 N–H and O–H groups in total. The molecule has 138 valence electrons. The van der Waals surface area contributed by atoms with Crippen LogP contribution in [0.4, 0.5) is 4.39 Å². The first-order chi connectivity index (χ1) is 12.7. The average molecular weight is 359 g/mol. The first kappa shape index (κ1) is 17.1. The molecule has 2 aliphatic heterocycles. The normalized spacial score (nSPS) is 18.3. The largest absolute Gasteiger partial charge is 0.486 e. The van der Waals surface area contributed by atoms with Gasteiger partial charge in [-0.15, -0.1) is 0 Å². The van der Waals surface area contributed by atoms with Crippen molar-refractivity contribution in [1.29, 1.82) is 0 Å². The quantitative estimate of drug-likeness (QED) is 0.819. The van der Waals surface area contributed by atoms with Crippen LogP contribution in [0, 0.1) is 5.82 Å². The van der Waals surface area contributed by atoms with E-state index >= 15 is 0 Å². The topological polar surface area (TPSA) is 40.2 Å². The maximum absolute atomic E-state index is 14.0. The molecule has 0 bridgehead atoms. The third kappa shape index (κ3) is 3.61. The molecule has 0 fully saturated rings. The predicted molar refractivity (Wildman–Crippen MR) is 94.0 cm³/mol. The number of hydrogen-bond acceptors (Lipinski definition) is 5. The molecule has 0 saturated heterocycles. The Morgan fingerprint density at radius 3 is 2.85 bits per heavy atom. The van der Waals surface area contributed by atoms with Crippen LogP contribution in [0.3, 0.4) is 0 Å². The average Bonchev–Trinajstić information content (AvgIpc) is 2.67. The lowest BCUT2D eigenvalue weighted by Gasteiger charge is -2.31. The molecule has 6 heteroatoms. The van der Waals surface area contributed by atoms with Crippen molar-refractivity contribution in [2.24, 2.45) is 0 Å². The molecule has 2 aromatic carbocycles. The molecule has 2 aliphatic rings. The fourth-order valence-corrected chi connectivity index (χ4v) is 3.36. The minimum Gasteiger partial charge on any atom is -0.486 e. The fraction of sp³-hybridized carbons (Fsp3) is 0.400. The van der Waals surface area contributed by atoms with E-state index in [2.05, 4.69) is 11.8 Å². The lowest BCUT2D eigenvalue weighted by molar-refractivity contribution is -0.0179. The second kappa shape index (κ2) is 7.51. The maximum Gasteiger partial charge on any atom is 0.189 e. The lowest BCUT2D eigenvalue weighted by atomic mass is 10.1. The molecular formula is C20H22FNO4. The lowest BCUT2D eigenvalue weighted by Crippen LogP contribution is -2.40. The maximum atomic E-state index is 14.0. The fourth-order valence-electron chi connectivity index (χ4n) is 3.36. The molecule has 5 nitrogen and oxygen atoms in total. The Morgan fingerprint density at radius 2 is 2.00 bits per heavy atom. The van der Waals surface area contributed by atoms with Gasteiger partial charge < -0.3 is 18.9 Å². The molecule has 1 unspecified atom stereocenters. The number of benzene rings is 2. The number of likely N-dealkylation sites (N-methyl/N-ethyl adjacent to an activating group) is 1. The smallest absolute Gasteiger partial charge is 0.189 e.